The van der Waals surface area contributed by atoms with Gasteiger partial charge in [0.05, 0.1) is 10.7 Å². The maximum absolute atomic E-state index is 10.8. The van der Waals surface area contributed by atoms with E-state index in [2.05, 4.69) is 21.2 Å². The summed E-state index contributed by atoms with van der Waals surface area (Å²) in [5.74, 6) is 0. The Morgan fingerprint density at radius 2 is 2.10 bits per heavy atom. The van der Waals surface area contributed by atoms with Crippen LogP contribution in [-0.2, 0) is 4.79 Å². The lowest BCUT2D eigenvalue weighted by Crippen LogP contribution is -2.08. The highest BCUT2D eigenvalue weighted by atomic mass is 79.9. The molecule has 1 aromatic carbocycles. The molecule has 0 amide bonds. The molecule has 0 unspecified atom stereocenters. The lowest BCUT2D eigenvalue weighted by molar-refractivity contribution is -0.104. The molecule has 0 fully saturated rings. The SMILES string of the molecule is Cc1c(Br)cccc1N/C=C1/C=C(C=O)C=C(Cl)C1=N. The predicted octanol–water partition coefficient (Wildman–Crippen LogP) is 4.33. The van der Waals surface area contributed by atoms with Gasteiger partial charge in [0.15, 0.2) is 0 Å². The van der Waals surface area contributed by atoms with E-state index in [1.807, 2.05) is 25.1 Å². The van der Waals surface area contributed by atoms with E-state index in [0.29, 0.717) is 17.4 Å². The second kappa shape index (κ2) is 6.20. The van der Waals surface area contributed by atoms with Crippen LogP contribution in [0.1, 0.15) is 5.56 Å². The minimum atomic E-state index is 0.192. The molecule has 0 heterocycles. The second-order valence-corrected chi connectivity index (χ2v) is 5.55. The highest BCUT2D eigenvalue weighted by Crippen LogP contribution is 2.25. The van der Waals surface area contributed by atoms with Gasteiger partial charge in [-0.25, -0.2) is 0 Å². The zero-order chi connectivity index (χ0) is 14.7. The van der Waals surface area contributed by atoms with Crippen molar-refractivity contribution in [2.24, 2.45) is 0 Å². The van der Waals surface area contributed by atoms with Crippen molar-refractivity contribution in [2.75, 3.05) is 5.32 Å². The fourth-order valence-electron chi connectivity index (χ4n) is 1.75. The first-order chi connectivity index (χ1) is 9.52. The van der Waals surface area contributed by atoms with E-state index < -0.39 is 0 Å². The van der Waals surface area contributed by atoms with Crippen LogP contribution in [0.2, 0.25) is 0 Å². The Labute approximate surface area is 130 Å². The van der Waals surface area contributed by atoms with Crippen molar-refractivity contribution >= 4 is 45.2 Å². The van der Waals surface area contributed by atoms with E-state index in [1.54, 1.807) is 12.3 Å². The molecule has 1 aromatic rings. The highest BCUT2D eigenvalue weighted by molar-refractivity contribution is 9.10. The van der Waals surface area contributed by atoms with Crippen molar-refractivity contribution in [1.82, 2.24) is 0 Å². The molecule has 3 nitrogen and oxygen atoms in total. The maximum atomic E-state index is 10.8. The van der Waals surface area contributed by atoms with Crippen molar-refractivity contribution in [3.05, 3.63) is 62.8 Å². The first kappa shape index (κ1) is 14.8. The summed E-state index contributed by atoms with van der Waals surface area (Å²) in [5, 5.41) is 11.3. The van der Waals surface area contributed by atoms with Crippen molar-refractivity contribution in [2.45, 2.75) is 6.92 Å². The van der Waals surface area contributed by atoms with Crippen LogP contribution < -0.4 is 5.32 Å². The Bertz CT molecular complexity index is 674. The van der Waals surface area contributed by atoms with Crippen LogP contribution in [0, 0.1) is 12.3 Å². The summed E-state index contributed by atoms with van der Waals surface area (Å²) in [6.45, 7) is 1.98. The van der Waals surface area contributed by atoms with Gasteiger partial charge in [-0.1, -0.05) is 33.6 Å². The van der Waals surface area contributed by atoms with Crippen LogP contribution in [0.5, 0.6) is 0 Å². The van der Waals surface area contributed by atoms with Gasteiger partial charge < -0.3 is 5.32 Å². The zero-order valence-corrected chi connectivity index (χ0v) is 13.0. The summed E-state index contributed by atoms with van der Waals surface area (Å²) < 4.78 is 1.00. The van der Waals surface area contributed by atoms with Gasteiger partial charge in [0.25, 0.3) is 0 Å². The highest BCUT2D eigenvalue weighted by Gasteiger charge is 2.14. The van der Waals surface area contributed by atoms with Gasteiger partial charge in [0.1, 0.15) is 6.29 Å². The molecule has 1 aliphatic carbocycles. The van der Waals surface area contributed by atoms with Crippen molar-refractivity contribution in [3.8, 4) is 0 Å². The van der Waals surface area contributed by atoms with Gasteiger partial charge in [-0.3, -0.25) is 10.2 Å². The summed E-state index contributed by atoms with van der Waals surface area (Å²) in [4.78, 5) is 10.8. The third kappa shape index (κ3) is 3.08. The normalized spacial score (nSPS) is 16.8. The molecule has 1 aliphatic rings. The number of hydrogen-bond acceptors (Lipinski definition) is 3. The van der Waals surface area contributed by atoms with Crippen LogP contribution in [0.15, 0.2) is 57.2 Å². The number of anilines is 1. The maximum Gasteiger partial charge on any atom is 0.150 e. The van der Waals surface area contributed by atoms with Crippen molar-refractivity contribution in [3.63, 3.8) is 0 Å². The second-order valence-electron chi connectivity index (χ2n) is 4.29. The Morgan fingerprint density at radius 1 is 1.35 bits per heavy atom. The number of carbonyl (C=O) groups is 1. The topological polar surface area (TPSA) is 53.0 Å². The molecule has 0 spiro atoms. The molecule has 2 rings (SSSR count). The molecule has 0 saturated carbocycles. The van der Waals surface area contributed by atoms with Crippen LogP contribution in [0.4, 0.5) is 5.69 Å². The fraction of sp³-hybridized carbons (Fsp3) is 0.0667. The van der Waals surface area contributed by atoms with Gasteiger partial charge in [-0.2, -0.15) is 0 Å². The molecule has 20 heavy (non-hydrogen) atoms. The number of allylic oxidation sites excluding steroid dienone is 5. The van der Waals surface area contributed by atoms with Gasteiger partial charge in [0, 0.05) is 27.5 Å². The largest absolute Gasteiger partial charge is 0.361 e. The number of carbonyl (C=O) groups excluding carboxylic acids is 1. The van der Waals surface area contributed by atoms with Crippen LogP contribution >= 0.6 is 27.5 Å². The Balaban J connectivity index is 2.30. The van der Waals surface area contributed by atoms with E-state index in [4.69, 9.17) is 17.0 Å². The van der Waals surface area contributed by atoms with E-state index in [0.717, 1.165) is 15.7 Å². The summed E-state index contributed by atoms with van der Waals surface area (Å²) in [6.07, 6.45) is 5.50. The standard InChI is InChI=1S/C15H12BrClN2O/c1-9-12(16)3-2-4-14(9)19-7-11-5-10(8-20)6-13(17)15(11)18/h2-8,18-19H,1H3/b11-7-,18-15?. The van der Waals surface area contributed by atoms with E-state index in [1.165, 1.54) is 6.08 Å². The first-order valence-corrected chi connectivity index (χ1v) is 7.05. The average Bonchev–Trinajstić information content (AvgIpc) is 2.44. The predicted molar refractivity (Wildman–Crippen MR) is 86.4 cm³/mol. The molecule has 5 heteroatoms. The summed E-state index contributed by atoms with van der Waals surface area (Å²) in [7, 11) is 0. The molecule has 0 aromatic heterocycles. The lowest BCUT2D eigenvalue weighted by Gasteiger charge is -2.12. The molecule has 0 bridgehead atoms. The van der Waals surface area contributed by atoms with Gasteiger partial charge in [-0.15, -0.1) is 0 Å². The summed E-state index contributed by atoms with van der Waals surface area (Å²) in [5.41, 5.74) is 3.20. The Morgan fingerprint density at radius 3 is 2.80 bits per heavy atom. The minimum Gasteiger partial charge on any atom is -0.361 e. The molecular weight excluding hydrogens is 340 g/mol. The number of benzene rings is 1. The van der Waals surface area contributed by atoms with E-state index >= 15 is 0 Å². The number of halogens is 2. The monoisotopic (exact) mass is 350 g/mol. The van der Waals surface area contributed by atoms with Crippen molar-refractivity contribution in [1.29, 1.82) is 5.41 Å². The Kier molecular flexibility index (Phi) is 4.57. The average molecular weight is 352 g/mol. The molecule has 0 radical (unpaired) electrons. The van der Waals surface area contributed by atoms with Gasteiger partial charge in [0.2, 0.25) is 0 Å². The molecule has 2 N–H and O–H groups in total. The van der Waals surface area contributed by atoms with E-state index in [-0.39, 0.29) is 10.7 Å². The number of rotatable bonds is 3. The van der Waals surface area contributed by atoms with Crippen LogP contribution in [-0.4, -0.2) is 12.0 Å². The number of aldehydes is 1. The van der Waals surface area contributed by atoms with Gasteiger partial charge in [-0.05, 0) is 36.8 Å². The molecule has 0 atom stereocenters. The van der Waals surface area contributed by atoms with Crippen LogP contribution in [0.3, 0.4) is 0 Å². The zero-order valence-electron chi connectivity index (χ0n) is 10.7. The van der Waals surface area contributed by atoms with Crippen molar-refractivity contribution < 1.29 is 4.79 Å². The third-order valence-electron chi connectivity index (χ3n) is 2.93. The quantitative estimate of drug-likeness (QED) is 0.796. The first-order valence-electron chi connectivity index (χ1n) is 5.88. The number of nitrogens with one attached hydrogen (secondary N) is 2. The lowest BCUT2D eigenvalue weighted by atomic mass is 10.0. The third-order valence-corrected chi connectivity index (χ3v) is 4.09. The number of hydrogen-bond donors (Lipinski definition) is 2. The molecule has 0 aliphatic heterocycles. The minimum absolute atomic E-state index is 0.192. The summed E-state index contributed by atoms with van der Waals surface area (Å²) in [6, 6.07) is 5.81. The molecule has 0 saturated heterocycles. The van der Waals surface area contributed by atoms with Gasteiger partial charge >= 0.3 is 0 Å². The van der Waals surface area contributed by atoms with Crippen LogP contribution in [0.25, 0.3) is 0 Å². The Hall–Kier alpha value is -1.65. The van der Waals surface area contributed by atoms with E-state index in [9.17, 15) is 4.79 Å². The smallest absolute Gasteiger partial charge is 0.150 e. The molecule has 102 valence electrons. The summed E-state index contributed by atoms with van der Waals surface area (Å²) >= 11 is 9.40. The fourth-order valence-corrected chi connectivity index (χ4v) is 2.35. The molecular formula is C15H12BrClN2O.